The number of hydrazine groups is 1. The third-order valence-electron chi connectivity index (χ3n) is 11.6. The number of imide groups is 2. The number of hydrogen-bond acceptors (Lipinski definition) is 8. The number of phenols is 2. The van der Waals surface area contributed by atoms with Gasteiger partial charge in [-0.3, -0.25) is 29.5 Å². The lowest BCUT2D eigenvalue weighted by atomic mass is 9.49. The highest BCUT2D eigenvalue weighted by Gasteiger charge is 2.70. The molecule has 276 valence electrons. The van der Waals surface area contributed by atoms with Crippen LogP contribution in [0.5, 0.6) is 17.2 Å². The molecule has 0 spiro atoms. The molecule has 10 nitrogen and oxygen atoms in total. The zero-order valence-corrected chi connectivity index (χ0v) is 30.4. The van der Waals surface area contributed by atoms with E-state index >= 15 is 9.18 Å². The fraction of sp³-hybridized carbons (Fsp3) is 0.268. The van der Waals surface area contributed by atoms with Gasteiger partial charge in [-0.1, -0.05) is 71.2 Å². The van der Waals surface area contributed by atoms with Crippen molar-refractivity contribution in [2.75, 3.05) is 19.1 Å². The van der Waals surface area contributed by atoms with E-state index < -0.39 is 64.3 Å². The summed E-state index contributed by atoms with van der Waals surface area (Å²) in [7, 11) is 1.50. The van der Waals surface area contributed by atoms with Crippen molar-refractivity contribution >= 4 is 52.5 Å². The van der Waals surface area contributed by atoms with Crippen molar-refractivity contribution in [2.45, 2.75) is 30.6 Å². The SMILES string of the molecule is COc1ccc(C23C(=O)N(Nc4ccc(Cl)cc4Cl)C(=O)C2CC2C(=CCC4C(=O)N(CCc5ccc(O)cc5)C(=O)C42)C3c2cccc(F)c2O)cc1. The lowest BCUT2D eigenvalue weighted by Gasteiger charge is -2.50. The molecule has 6 atom stereocenters. The van der Waals surface area contributed by atoms with E-state index in [9.17, 15) is 24.6 Å². The highest BCUT2D eigenvalue weighted by atomic mass is 35.5. The Hall–Kier alpha value is -5.39. The highest BCUT2D eigenvalue weighted by molar-refractivity contribution is 6.36. The predicted molar refractivity (Wildman–Crippen MR) is 197 cm³/mol. The number of benzene rings is 4. The standard InChI is InChI=1S/C41H34Cl2FN3O7/c1-54-25-12-7-22(8-13-25)41-30(38(51)47(40(41)53)45-33-16-9-23(42)19-31(33)43)20-29-26(35(41)28-3-2-4-32(44)36(28)49)14-15-27-34(29)39(52)46(37(27)50)18-17-21-5-10-24(48)11-6-21/h2-14,16,19,27,29-30,34-35,45,48-49H,15,17-18,20H2,1H3. The van der Waals surface area contributed by atoms with Gasteiger partial charge in [0.1, 0.15) is 11.5 Å². The van der Waals surface area contributed by atoms with Gasteiger partial charge in [-0.25, -0.2) is 4.39 Å². The first kappa shape index (κ1) is 35.6. The van der Waals surface area contributed by atoms with E-state index in [0.29, 0.717) is 28.3 Å². The van der Waals surface area contributed by atoms with Crippen LogP contribution in [0, 0.1) is 29.5 Å². The molecule has 3 fully saturated rings. The molecule has 4 aromatic rings. The summed E-state index contributed by atoms with van der Waals surface area (Å²) in [6.45, 7) is 0.113. The van der Waals surface area contributed by atoms with E-state index in [2.05, 4.69) is 5.43 Å². The summed E-state index contributed by atoms with van der Waals surface area (Å²) >= 11 is 12.6. The number of phenolic OH excluding ortho intramolecular Hbond substituents is 2. The Morgan fingerprint density at radius 1 is 0.907 bits per heavy atom. The zero-order valence-electron chi connectivity index (χ0n) is 28.8. The summed E-state index contributed by atoms with van der Waals surface area (Å²) in [4.78, 5) is 59.7. The Bertz CT molecular complexity index is 2250. The van der Waals surface area contributed by atoms with Gasteiger partial charge < -0.3 is 14.9 Å². The van der Waals surface area contributed by atoms with E-state index in [0.717, 1.165) is 16.6 Å². The average molecular weight is 771 g/mol. The molecular weight excluding hydrogens is 736 g/mol. The molecule has 2 saturated heterocycles. The topological polar surface area (TPSA) is 136 Å². The first-order valence-electron chi connectivity index (χ1n) is 17.5. The number of carbonyl (C=O) groups is 4. The second-order valence-electron chi connectivity index (χ2n) is 14.1. The molecule has 8 rings (SSSR count). The normalized spacial score (nSPS) is 26.0. The quantitative estimate of drug-likeness (QED) is 0.132. The average Bonchev–Trinajstić information content (AvgIpc) is 3.54. The molecule has 2 heterocycles. The second-order valence-corrected chi connectivity index (χ2v) is 15.0. The minimum atomic E-state index is -1.75. The van der Waals surface area contributed by atoms with Crippen LogP contribution in [-0.2, 0) is 31.0 Å². The lowest BCUT2D eigenvalue weighted by molar-refractivity contribution is -0.141. The van der Waals surface area contributed by atoms with E-state index in [1.807, 2.05) is 6.08 Å². The molecule has 3 N–H and O–H groups in total. The largest absolute Gasteiger partial charge is 0.508 e. The Kier molecular flexibility index (Phi) is 8.89. The molecular formula is C41H34Cl2FN3O7. The summed E-state index contributed by atoms with van der Waals surface area (Å²) < 4.78 is 20.8. The molecule has 2 aliphatic carbocycles. The van der Waals surface area contributed by atoms with Gasteiger partial charge in [-0.15, -0.1) is 0 Å². The van der Waals surface area contributed by atoms with Crippen LogP contribution >= 0.6 is 23.2 Å². The van der Waals surface area contributed by atoms with Crippen molar-refractivity contribution in [1.29, 1.82) is 0 Å². The number of anilines is 1. The van der Waals surface area contributed by atoms with Crippen molar-refractivity contribution in [3.63, 3.8) is 0 Å². The number of nitrogens with zero attached hydrogens (tertiary/aromatic N) is 2. The number of methoxy groups -OCH3 is 1. The predicted octanol–water partition coefficient (Wildman–Crippen LogP) is 6.78. The molecule has 4 aliphatic rings. The van der Waals surface area contributed by atoms with E-state index in [1.54, 1.807) is 42.5 Å². The number of ether oxygens (including phenoxy) is 1. The van der Waals surface area contributed by atoms with Crippen LogP contribution in [0.3, 0.4) is 0 Å². The van der Waals surface area contributed by atoms with Crippen molar-refractivity contribution in [1.82, 2.24) is 9.91 Å². The minimum absolute atomic E-state index is 0.00747. The zero-order chi connectivity index (χ0) is 38.1. The fourth-order valence-electron chi connectivity index (χ4n) is 9.14. The monoisotopic (exact) mass is 769 g/mol. The number of likely N-dealkylation sites (tertiary alicyclic amines) is 1. The molecule has 13 heteroatoms. The first-order valence-corrected chi connectivity index (χ1v) is 18.3. The van der Waals surface area contributed by atoms with Gasteiger partial charge in [0.05, 0.1) is 41.0 Å². The van der Waals surface area contributed by atoms with E-state index in [-0.39, 0.29) is 47.3 Å². The van der Waals surface area contributed by atoms with Gasteiger partial charge in [0.15, 0.2) is 11.6 Å². The van der Waals surface area contributed by atoms with Crippen LogP contribution < -0.4 is 10.2 Å². The fourth-order valence-corrected chi connectivity index (χ4v) is 9.59. The van der Waals surface area contributed by atoms with Gasteiger partial charge >= 0.3 is 0 Å². The number of carbonyl (C=O) groups excluding carboxylic acids is 4. The molecule has 4 amide bonds. The Balaban J connectivity index is 1.27. The summed E-state index contributed by atoms with van der Waals surface area (Å²) in [6.07, 6.45) is 2.37. The second kappa shape index (κ2) is 13.5. The van der Waals surface area contributed by atoms with Crippen LogP contribution in [0.15, 0.2) is 96.6 Å². The molecule has 1 saturated carbocycles. The van der Waals surface area contributed by atoms with Crippen LogP contribution in [0.1, 0.15) is 35.4 Å². The molecule has 2 aliphatic heterocycles. The Morgan fingerprint density at radius 3 is 2.35 bits per heavy atom. The number of halogens is 3. The molecule has 4 aromatic carbocycles. The van der Waals surface area contributed by atoms with Gasteiger partial charge in [0, 0.05) is 23.0 Å². The van der Waals surface area contributed by atoms with Gasteiger partial charge in [-0.05, 0) is 84.8 Å². The van der Waals surface area contributed by atoms with Crippen LogP contribution in [0.4, 0.5) is 10.1 Å². The Morgan fingerprint density at radius 2 is 1.65 bits per heavy atom. The smallest absolute Gasteiger partial charge is 0.260 e. The number of aromatic hydroxyl groups is 2. The van der Waals surface area contributed by atoms with E-state index in [4.69, 9.17) is 27.9 Å². The molecule has 6 unspecified atom stereocenters. The van der Waals surface area contributed by atoms with Crippen molar-refractivity contribution in [2.24, 2.45) is 23.7 Å². The van der Waals surface area contributed by atoms with Crippen LogP contribution in [-0.4, -0.2) is 57.4 Å². The van der Waals surface area contributed by atoms with Gasteiger partial charge in [-0.2, -0.15) is 5.01 Å². The number of amides is 4. The van der Waals surface area contributed by atoms with Crippen molar-refractivity contribution in [3.8, 4) is 17.2 Å². The molecule has 0 radical (unpaired) electrons. The first-order chi connectivity index (χ1) is 25.9. The van der Waals surface area contributed by atoms with Crippen LogP contribution in [0.2, 0.25) is 10.0 Å². The third-order valence-corrected chi connectivity index (χ3v) is 12.1. The maximum absolute atomic E-state index is 15.4. The number of nitrogens with one attached hydrogen (secondary N) is 1. The maximum atomic E-state index is 15.4. The minimum Gasteiger partial charge on any atom is -0.508 e. The van der Waals surface area contributed by atoms with Crippen molar-refractivity contribution < 1.29 is 38.5 Å². The lowest BCUT2D eigenvalue weighted by Crippen LogP contribution is -2.53. The van der Waals surface area contributed by atoms with Gasteiger partial charge in [0.2, 0.25) is 11.8 Å². The molecule has 0 bridgehead atoms. The summed E-state index contributed by atoms with van der Waals surface area (Å²) in [5.74, 6) is -7.58. The third kappa shape index (κ3) is 5.43. The van der Waals surface area contributed by atoms with Crippen LogP contribution in [0.25, 0.3) is 0 Å². The Labute approximate surface area is 319 Å². The summed E-state index contributed by atoms with van der Waals surface area (Å²) in [6, 6.07) is 21.8. The van der Waals surface area contributed by atoms with Gasteiger partial charge in [0.25, 0.3) is 11.8 Å². The number of para-hydroxylation sites is 1. The highest BCUT2D eigenvalue weighted by Crippen LogP contribution is 2.65. The number of fused-ring (bicyclic) bond motifs is 4. The number of rotatable bonds is 8. The molecule has 0 aromatic heterocycles. The maximum Gasteiger partial charge on any atom is 0.260 e. The summed E-state index contributed by atoms with van der Waals surface area (Å²) in [5, 5.41) is 22.5. The summed E-state index contributed by atoms with van der Waals surface area (Å²) in [5.41, 5.74) is 3.27. The van der Waals surface area contributed by atoms with E-state index in [1.165, 1.54) is 48.4 Å². The number of hydrogen-bond donors (Lipinski definition) is 3. The molecule has 54 heavy (non-hydrogen) atoms. The van der Waals surface area contributed by atoms with Crippen molar-refractivity contribution in [3.05, 3.63) is 129 Å². The number of allylic oxidation sites excluding steroid dienone is 2.